The minimum atomic E-state index is -2.97. The topological polar surface area (TPSA) is 3.24 Å². The predicted molar refractivity (Wildman–Crippen MR) is 71.0 cm³/mol. The number of hydrogen-bond acceptors (Lipinski definition) is 1. The van der Waals surface area contributed by atoms with Gasteiger partial charge in [-0.05, 0) is 46.7 Å². The van der Waals surface area contributed by atoms with Gasteiger partial charge in [-0.3, -0.25) is 4.90 Å². The summed E-state index contributed by atoms with van der Waals surface area (Å²) in [6.45, 7) is 4.85. The van der Waals surface area contributed by atoms with Crippen molar-refractivity contribution in [2.75, 3.05) is 13.1 Å². The molecule has 0 aliphatic carbocycles. The van der Waals surface area contributed by atoms with Crippen LogP contribution >= 0.6 is 27.5 Å². The number of alkyl halides is 3. The molecule has 1 nitrogen and oxygen atoms in total. The van der Waals surface area contributed by atoms with Crippen LogP contribution in [0.5, 0.6) is 0 Å². The van der Waals surface area contributed by atoms with Crippen molar-refractivity contribution in [3.63, 3.8) is 0 Å². The van der Waals surface area contributed by atoms with Crippen molar-refractivity contribution >= 4 is 27.5 Å². The van der Waals surface area contributed by atoms with Gasteiger partial charge in [0, 0.05) is 5.02 Å². The van der Waals surface area contributed by atoms with E-state index in [4.69, 9.17) is 11.6 Å². The molecule has 0 amide bonds. The average Bonchev–Trinajstić information content (AvgIpc) is 2.26. The molecule has 1 aromatic rings. The van der Waals surface area contributed by atoms with Gasteiger partial charge in [-0.2, -0.15) is 8.78 Å². The maximum Gasteiger partial charge on any atom is 0.320 e. The molecule has 0 saturated heterocycles. The first-order chi connectivity index (χ1) is 7.90. The van der Waals surface area contributed by atoms with Gasteiger partial charge < -0.3 is 0 Å². The molecule has 96 valence electrons. The van der Waals surface area contributed by atoms with Crippen molar-refractivity contribution in [2.45, 2.75) is 24.7 Å². The summed E-state index contributed by atoms with van der Waals surface area (Å²) in [4.78, 5) is -1.26. The summed E-state index contributed by atoms with van der Waals surface area (Å²) in [7, 11) is 0. The zero-order valence-corrected chi connectivity index (χ0v) is 12.1. The van der Waals surface area contributed by atoms with Gasteiger partial charge in [-0.1, -0.05) is 37.6 Å². The van der Waals surface area contributed by atoms with E-state index in [1.54, 1.807) is 29.2 Å². The zero-order valence-electron chi connectivity index (χ0n) is 9.76. The maximum absolute atomic E-state index is 13.6. The minimum Gasteiger partial charge on any atom is -0.291 e. The molecule has 0 aliphatic heterocycles. The van der Waals surface area contributed by atoms with E-state index in [2.05, 4.69) is 15.9 Å². The van der Waals surface area contributed by atoms with E-state index in [9.17, 15) is 8.78 Å². The number of hydrogen-bond donors (Lipinski definition) is 0. The summed E-state index contributed by atoms with van der Waals surface area (Å²) >= 11 is 8.24. The van der Waals surface area contributed by atoms with Gasteiger partial charge in [0.25, 0.3) is 0 Å². The Balaban J connectivity index is 3.10. The third kappa shape index (κ3) is 3.90. The van der Waals surface area contributed by atoms with Crippen molar-refractivity contribution < 1.29 is 8.78 Å². The molecule has 5 heteroatoms. The molecule has 0 aromatic heterocycles. The Labute approximate surface area is 114 Å². The van der Waals surface area contributed by atoms with Crippen LogP contribution in [0, 0.1) is 0 Å². The summed E-state index contributed by atoms with van der Waals surface area (Å²) in [5, 5.41) is 0.546. The standard InChI is InChI=1S/C12H15BrClF2N/c1-3-17(4-2)11(12(13,15)16)9-5-7-10(14)8-6-9/h5-8,11H,3-4H2,1-2H3. The zero-order chi connectivity index (χ0) is 13.1. The molecule has 0 fully saturated rings. The Morgan fingerprint density at radius 1 is 1.24 bits per heavy atom. The minimum absolute atomic E-state index is 0.546. The second-order valence-corrected chi connectivity index (χ2v) is 5.21. The van der Waals surface area contributed by atoms with Crippen LogP contribution in [0.1, 0.15) is 25.5 Å². The van der Waals surface area contributed by atoms with Crippen molar-refractivity contribution in [1.82, 2.24) is 4.90 Å². The van der Waals surface area contributed by atoms with Gasteiger partial charge >= 0.3 is 4.83 Å². The van der Waals surface area contributed by atoms with Crippen LogP contribution in [-0.4, -0.2) is 22.8 Å². The fourth-order valence-corrected chi connectivity index (χ4v) is 2.52. The Morgan fingerprint density at radius 3 is 2.06 bits per heavy atom. The fraction of sp³-hybridized carbons (Fsp3) is 0.500. The molecule has 0 heterocycles. The molecular weight excluding hydrogens is 311 g/mol. The average molecular weight is 327 g/mol. The molecule has 1 unspecified atom stereocenters. The highest BCUT2D eigenvalue weighted by atomic mass is 79.9. The van der Waals surface area contributed by atoms with Crippen LogP contribution in [0.3, 0.4) is 0 Å². The molecule has 0 saturated carbocycles. The molecule has 1 atom stereocenters. The van der Waals surface area contributed by atoms with E-state index >= 15 is 0 Å². The van der Waals surface area contributed by atoms with E-state index in [1.807, 2.05) is 13.8 Å². The molecule has 1 aromatic carbocycles. The Kier molecular flexibility index (Phi) is 5.35. The predicted octanol–water partition coefficient (Wildman–Crippen LogP) is 4.71. The normalized spacial score (nSPS) is 14.1. The third-order valence-corrected chi connectivity index (χ3v) is 3.36. The Hall–Kier alpha value is -0.190. The molecule has 1 rings (SSSR count). The second kappa shape index (κ2) is 6.12. The van der Waals surface area contributed by atoms with Crippen molar-refractivity contribution in [1.29, 1.82) is 0 Å². The highest BCUT2D eigenvalue weighted by Gasteiger charge is 2.40. The molecule has 0 N–H and O–H groups in total. The van der Waals surface area contributed by atoms with Gasteiger partial charge in [0.05, 0.1) is 0 Å². The number of halogens is 4. The molecule has 17 heavy (non-hydrogen) atoms. The molecular formula is C12H15BrClF2N. The summed E-state index contributed by atoms with van der Waals surface area (Å²) in [6, 6.07) is 5.56. The number of rotatable bonds is 5. The van der Waals surface area contributed by atoms with Gasteiger partial charge in [0.1, 0.15) is 6.04 Å². The largest absolute Gasteiger partial charge is 0.320 e. The van der Waals surface area contributed by atoms with E-state index in [-0.39, 0.29) is 0 Å². The van der Waals surface area contributed by atoms with Crippen LogP contribution in [-0.2, 0) is 0 Å². The molecule has 0 radical (unpaired) electrons. The first kappa shape index (κ1) is 14.9. The van der Waals surface area contributed by atoms with Crippen LogP contribution in [0.15, 0.2) is 24.3 Å². The lowest BCUT2D eigenvalue weighted by atomic mass is 10.1. The number of benzene rings is 1. The summed E-state index contributed by atoms with van der Waals surface area (Å²) in [5.41, 5.74) is 0.556. The van der Waals surface area contributed by atoms with E-state index in [0.717, 1.165) is 0 Å². The lowest BCUT2D eigenvalue weighted by Crippen LogP contribution is -2.37. The van der Waals surface area contributed by atoms with E-state index < -0.39 is 10.9 Å². The van der Waals surface area contributed by atoms with Crippen molar-refractivity contribution in [3.8, 4) is 0 Å². The quantitative estimate of drug-likeness (QED) is 0.708. The van der Waals surface area contributed by atoms with Gasteiger partial charge in [0.2, 0.25) is 0 Å². The molecule has 0 spiro atoms. The highest BCUT2D eigenvalue weighted by Crippen LogP contribution is 2.41. The summed E-state index contributed by atoms with van der Waals surface area (Å²) < 4.78 is 27.3. The monoisotopic (exact) mass is 325 g/mol. The Morgan fingerprint density at radius 2 is 1.71 bits per heavy atom. The lowest BCUT2D eigenvalue weighted by molar-refractivity contribution is 0.00403. The molecule has 0 aliphatic rings. The van der Waals surface area contributed by atoms with Crippen LogP contribution < -0.4 is 0 Å². The first-order valence-electron chi connectivity index (χ1n) is 5.46. The SMILES string of the molecule is CCN(CC)C(c1ccc(Cl)cc1)C(F)(F)Br. The van der Waals surface area contributed by atoms with Gasteiger partial charge in [0.15, 0.2) is 0 Å². The Bertz CT molecular complexity index is 347. The maximum atomic E-state index is 13.6. The van der Waals surface area contributed by atoms with Crippen LogP contribution in [0.2, 0.25) is 5.02 Å². The van der Waals surface area contributed by atoms with E-state index in [0.29, 0.717) is 23.7 Å². The highest BCUT2D eigenvalue weighted by molar-refractivity contribution is 9.10. The second-order valence-electron chi connectivity index (χ2n) is 3.72. The van der Waals surface area contributed by atoms with Crippen LogP contribution in [0.25, 0.3) is 0 Å². The number of nitrogens with zero attached hydrogens (tertiary/aromatic N) is 1. The lowest BCUT2D eigenvalue weighted by Gasteiger charge is -2.33. The van der Waals surface area contributed by atoms with Crippen LogP contribution in [0.4, 0.5) is 8.78 Å². The van der Waals surface area contributed by atoms with Crippen molar-refractivity contribution in [2.24, 2.45) is 0 Å². The van der Waals surface area contributed by atoms with Gasteiger partial charge in [-0.15, -0.1) is 0 Å². The van der Waals surface area contributed by atoms with Gasteiger partial charge in [-0.25, -0.2) is 0 Å². The third-order valence-electron chi connectivity index (χ3n) is 2.67. The van der Waals surface area contributed by atoms with Crippen molar-refractivity contribution in [3.05, 3.63) is 34.9 Å². The summed E-state index contributed by atoms with van der Waals surface area (Å²) in [6.07, 6.45) is 0. The first-order valence-corrected chi connectivity index (χ1v) is 6.63. The summed E-state index contributed by atoms with van der Waals surface area (Å²) in [5.74, 6) is 0. The molecule has 0 bridgehead atoms. The fourth-order valence-electron chi connectivity index (χ4n) is 1.84. The van der Waals surface area contributed by atoms with E-state index in [1.165, 1.54) is 0 Å². The smallest absolute Gasteiger partial charge is 0.291 e.